The number of aliphatic carboxylic acids is 1. The molecule has 0 radical (unpaired) electrons. The fourth-order valence-electron chi connectivity index (χ4n) is 3.84. The zero-order chi connectivity index (χ0) is 23.5. The second-order valence-corrected chi connectivity index (χ2v) is 8.09. The van der Waals surface area contributed by atoms with E-state index in [-0.39, 0.29) is 28.8 Å². The first kappa shape index (κ1) is 22.4. The maximum absolute atomic E-state index is 12.4. The number of carbonyl (C=O) groups excluding carboxylic acids is 2. The molecule has 0 saturated carbocycles. The summed E-state index contributed by atoms with van der Waals surface area (Å²) in [6.07, 6.45) is -0.671. The first-order valence-electron chi connectivity index (χ1n) is 10.3. The van der Waals surface area contributed by atoms with Crippen LogP contribution in [0.1, 0.15) is 34.3 Å². The predicted octanol–water partition coefficient (Wildman–Crippen LogP) is 4.90. The highest BCUT2D eigenvalue weighted by Crippen LogP contribution is 2.44. The van der Waals surface area contributed by atoms with Crippen LogP contribution < -0.4 is 10.6 Å². The topological polar surface area (TPSA) is 105 Å². The Morgan fingerprint density at radius 3 is 2.18 bits per heavy atom. The zero-order valence-electron chi connectivity index (χ0n) is 17.7. The molecule has 4 rings (SSSR count). The van der Waals surface area contributed by atoms with Crippen LogP contribution in [0.15, 0.2) is 66.7 Å². The molecular formula is C25H21ClN2O5. The van der Waals surface area contributed by atoms with Crippen LogP contribution in [0, 0.1) is 0 Å². The number of carboxylic acids is 1. The normalized spacial score (nSPS) is 12.9. The molecule has 0 bridgehead atoms. The number of ether oxygens (including phenoxy) is 1. The highest BCUT2D eigenvalue weighted by Gasteiger charge is 2.29. The minimum Gasteiger partial charge on any atom is -0.480 e. The van der Waals surface area contributed by atoms with Crippen LogP contribution in [-0.2, 0) is 9.53 Å². The van der Waals surface area contributed by atoms with E-state index in [0.717, 1.165) is 22.3 Å². The second kappa shape index (κ2) is 9.34. The molecule has 0 aliphatic heterocycles. The molecule has 8 heteroatoms. The number of fused-ring (bicyclic) bond motifs is 3. The van der Waals surface area contributed by atoms with Gasteiger partial charge in [0, 0.05) is 11.5 Å². The van der Waals surface area contributed by atoms with Crippen molar-refractivity contribution in [1.82, 2.24) is 5.32 Å². The summed E-state index contributed by atoms with van der Waals surface area (Å²) in [5, 5.41) is 14.0. The molecule has 7 nitrogen and oxygen atoms in total. The van der Waals surface area contributed by atoms with Gasteiger partial charge in [-0.3, -0.25) is 14.9 Å². The maximum Gasteiger partial charge on any atom is 0.411 e. The van der Waals surface area contributed by atoms with Crippen molar-refractivity contribution in [3.05, 3.63) is 88.4 Å². The summed E-state index contributed by atoms with van der Waals surface area (Å²) in [4.78, 5) is 35.5. The number of amides is 2. The zero-order valence-corrected chi connectivity index (χ0v) is 18.4. The lowest BCUT2D eigenvalue weighted by atomic mass is 9.98. The first-order chi connectivity index (χ1) is 15.8. The summed E-state index contributed by atoms with van der Waals surface area (Å²) in [7, 11) is 0. The van der Waals surface area contributed by atoms with Crippen LogP contribution in [0.4, 0.5) is 10.5 Å². The molecule has 168 valence electrons. The van der Waals surface area contributed by atoms with Gasteiger partial charge >= 0.3 is 12.1 Å². The van der Waals surface area contributed by atoms with Gasteiger partial charge in [0.25, 0.3) is 5.91 Å². The third-order valence-electron chi connectivity index (χ3n) is 5.53. The van der Waals surface area contributed by atoms with Crippen LogP contribution in [0.25, 0.3) is 11.1 Å². The fourth-order valence-corrected chi connectivity index (χ4v) is 4.07. The molecule has 0 fully saturated rings. The minimum atomic E-state index is -1.15. The Morgan fingerprint density at radius 2 is 1.61 bits per heavy atom. The predicted molar refractivity (Wildman–Crippen MR) is 125 cm³/mol. The highest BCUT2D eigenvalue weighted by atomic mass is 35.5. The Labute approximate surface area is 195 Å². The van der Waals surface area contributed by atoms with E-state index in [1.807, 2.05) is 36.4 Å². The van der Waals surface area contributed by atoms with Gasteiger partial charge in [0.2, 0.25) is 0 Å². The SMILES string of the molecule is C[C@@H](NC(=O)c1ccc(NC(=O)OCC2c3ccccc3-c3ccccc32)c(Cl)c1)C(=O)O. The molecule has 3 aromatic carbocycles. The van der Waals surface area contributed by atoms with Gasteiger partial charge in [-0.2, -0.15) is 0 Å². The number of hydrogen-bond acceptors (Lipinski definition) is 4. The molecular weight excluding hydrogens is 444 g/mol. The van der Waals surface area contributed by atoms with Crippen molar-refractivity contribution in [3.63, 3.8) is 0 Å². The fraction of sp³-hybridized carbons (Fsp3) is 0.160. The number of carbonyl (C=O) groups is 3. The van der Waals surface area contributed by atoms with E-state index in [4.69, 9.17) is 21.4 Å². The van der Waals surface area contributed by atoms with Crippen molar-refractivity contribution in [1.29, 1.82) is 0 Å². The summed E-state index contributed by atoms with van der Waals surface area (Å²) in [6.45, 7) is 1.51. The van der Waals surface area contributed by atoms with Gasteiger partial charge in [0.1, 0.15) is 12.6 Å². The number of benzene rings is 3. The lowest BCUT2D eigenvalue weighted by molar-refractivity contribution is -0.138. The van der Waals surface area contributed by atoms with E-state index in [2.05, 4.69) is 22.8 Å². The standard InChI is InChI=1S/C25H21ClN2O5/c1-14(24(30)31)27-23(29)15-10-11-22(21(26)12-15)28-25(32)33-13-20-18-8-4-2-6-16(18)17-7-3-5-9-19(17)20/h2-12,14,20H,13H2,1H3,(H,27,29)(H,28,32)(H,30,31)/t14-/m1/s1. The molecule has 2 amide bonds. The van der Waals surface area contributed by atoms with E-state index < -0.39 is 24.0 Å². The number of anilines is 1. The number of hydrogen-bond donors (Lipinski definition) is 3. The lowest BCUT2D eigenvalue weighted by Crippen LogP contribution is -2.38. The number of rotatable bonds is 6. The molecule has 33 heavy (non-hydrogen) atoms. The lowest BCUT2D eigenvalue weighted by Gasteiger charge is -2.15. The Balaban J connectivity index is 1.41. The van der Waals surface area contributed by atoms with Crippen molar-refractivity contribution in [2.45, 2.75) is 18.9 Å². The Kier molecular flexibility index (Phi) is 6.33. The maximum atomic E-state index is 12.4. The molecule has 0 spiro atoms. The van der Waals surface area contributed by atoms with E-state index in [0.29, 0.717) is 0 Å². The van der Waals surface area contributed by atoms with Crippen LogP contribution in [0.2, 0.25) is 5.02 Å². The molecule has 0 aromatic heterocycles. The van der Waals surface area contributed by atoms with E-state index >= 15 is 0 Å². The molecule has 0 saturated heterocycles. The monoisotopic (exact) mass is 464 g/mol. The Morgan fingerprint density at radius 1 is 1.00 bits per heavy atom. The van der Waals surface area contributed by atoms with Gasteiger partial charge in [0.15, 0.2) is 0 Å². The average Bonchev–Trinajstić information content (AvgIpc) is 3.12. The summed E-state index contributed by atoms with van der Waals surface area (Å²) < 4.78 is 5.50. The van der Waals surface area contributed by atoms with Gasteiger partial charge < -0.3 is 15.2 Å². The summed E-state index contributed by atoms with van der Waals surface area (Å²) in [5.41, 5.74) is 4.93. The van der Waals surface area contributed by atoms with E-state index in [1.165, 1.54) is 25.1 Å². The van der Waals surface area contributed by atoms with Gasteiger partial charge in [-0.25, -0.2) is 4.79 Å². The van der Waals surface area contributed by atoms with Gasteiger partial charge in [0.05, 0.1) is 10.7 Å². The summed E-state index contributed by atoms with van der Waals surface area (Å²) >= 11 is 6.21. The third kappa shape index (κ3) is 4.68. The van der Waals surface area contributed by atoms with Gasteiger partial charge in [-0.05, 0) is 47.4 Å². The van der Waals surface area contributed by atoms with Crippen LogP contribution in [0.5, 0.6) is 0 Å². The molecule has 1 aliphatic rings. The largest absolute Gasteiger partial charge is 0.480 e. The smallest absolute Gasteiger partial charge is 0.411 e. The molecule has 0 heterocycles. The van der Waals surface area contributed by atoms with E-state index in [9.17, 15) is 14.4 Å². The molecule has 3 aromatic rings. The van der Waals surface area contributed by atoms with Crippen molar-refractivity contribution < 1.29 is 24.2 Å². The average molecular weight is 465 g/mol. The number of nitrogens with one attached hydrogen (secondary N) is 2. The number of halogens is 1. The summed E-state index contributed by atoms with van der Waals surface area (Å²) in [6, 6.07) is 19.3. The van der Waals surface area contributed by atoms with Gasteiger partial charge in [-0.1, -0.05) is 60.1 Å². The minimum absolute atomic E-state index is 0.0686. The quantitative estimate of drug-likeness (QED) is 0.481. The van der Waals surface area contributed by atoms with Crippen LogP contribution in [-0.4, -0.2) is 35.7 Å². The molecule has 3 N–H and O–H groups in total. The van der Waals surface area contributed by atoms with Crippen LogP contribution >= 0.6 is 11.6 Å². The third-order valence-corrected chi connectivity index (χ3v) is 5.84. The van der Waals surface area contributed by atoms with E-state index in [1.54, 1.807) is 0 Å². The Bertz CT molecular complexity index is 1200. The van der Waals surface area contributed by atoms with Crippen LogP contribution in [0.3, 0.4) is 0 Å². The van der Waals surface area contributed by atoms with Crippen molar-refractivity contribution >= 4 is 35.3 Å². The highest BCUT2D eigenvalue weighted by molar-refractivity contribution is 6.34. The molecule has 0 unspecified atom stereocenters. The molecule has 1 aliphatic carbocycles. The van der Waals surface area contributed by atoms with Crippen molar-refractivity contribution in [3.8, 4) is 11.1 Å². The van der Waals surface area contributed by atoms with Gasteiger partial charge in [-0.15, -0.1) is 0 Å². The second-order valence-electron chi connectivity index (χ2n) is 7.68. The van der Waals surface area contributed by atoms with Crippen molar-refractivity contribution in [2.24, 2.45) is 0 Å². The molecule has 1 atom stereocenters. The first-order valence-corrected chi connectivity index (χ1v) is 10.7. The summed E-state index contributed by atoms with van der Waals surface area (Å²) in [5.74, 6) is -1.80. The number of carboxylic acid groups (broad SMARTS) is 1. The Hall–Kier alpha value is -3.84. The van der Waals surface area contributed by atoms with Crippen molar-refractivity contribution in [2.75, 3.05) is 11.9 Å².